The van der Waals surface area contributed by atoms with E-state index < -0.39 is 17.6 Å². The number of carbonyl (C=O) groups is 2. The predicted molar refractivity (Wildman–Crippen MR) is 83.0 cm³/mol. The van der Waals surface area contributed by atoms with Crippen LogP contribution in [0.3, 0.4) is 0 Å². The van der Waals surface area contributed by atoms with Crippen molar-refractivity contribution in [2.45, 2.75) is 19.3 Å². The third-order valence-corrected chi connectivity index (χ3v) is 4.13. The van der Waals surface area contributed by atoms with Crippen molar-refractivity contribution in [3.05, 3.63) is 47.0 Å². The summed E-state index contributed by atoms with van der Waals surface area (Å²) in [5.41, 5.74) is 2.44. The summed E-state index contributed by atoms with van der Waals surface area (Å²) < 4.78 is 14.7. The zero-order chi connectivity index (χ0) is 17.3. The standard InChI is InChI=1S/C17H15FN4O2/c1-20-17(24)13(9-19)16(23)15-12-3-2-4-14(12)22(21-15)11-7-5-10(18)6-8-11/h5-8,13H,2-4H2,1H3,(H,20,24). The van der Waals surface area contributed by atoms with E-state index in [1.807, 2.05) is 0 Å². The molecule has 24 heavy (non-hydrogen) atoms. The second kappa shape index (κ2) is 6.24. The molecule has 0 spiro atoms. The highest BCUT2D eigenvalue weighted by molar-refractivity contribution is 6.12. The van der Waals surface area contributed by atoms with Gasteiger partial charge in [0.15, 0.2) is 5.92 Å². The lowest BCUT2D eigenvalue weighted by molar-refractivity contribution is -0.121. The molecule has 1 aromatic heterocycles. The molecule has 1 aromatic carbocycles. The average molecular weight is 326 g/mol. The number of ketones is 1. The molecule has 122 valence electrons. The van der Waals surface area contributed by atoms with Crippen molar-refractivity contribution in [3.8, 4) is 11.8 Å². The van der Waals surface area contributed by atoms with Gasteiger partial charge in [0.25, 0.3) is 0 Å². The third-order valence-electron chi connectivity index (χ3n) is 4.13. The minimum Gasteiger partial charge on any atom is -0.358 e. The molecule has 1 N–H and O–H groups in total. The summed E-state index contributed by atoms with van der Waals surface area (Å²) in [7, 11) is 1.38. The van der Waals surface area contributed by atoms with Crippen LogP contribution in [0.2, 0.25) is 0 Å². The van der Waals surface area contributed by atoms with Crippen LogP contribution < -0.4 is 5.32 Å². The van der Waals surface area contributed by atoms with Crippen molar-refractivity contribution in [2.24, 2.45) is 5.92 Å². The number of rotatable bonds is 4. The molecule has 1 heterocycles. The van der Waals surface area contributed by atoms with E-state index in [1.54, 1.807) is 22.9 Å². The zero-order valence-corrected chi connectivity index (χ0v) is 13.0. The molecule has 6 nitrogen and oxygen atoms in total. The number of nitrogens with zero attached hydrogens (tertiary/aromatic N) is 3. The average Bonchev–Trinajstić information content (AvgIpc) is 3.18. The van der Waals surface area contributed by atoms with E-state index in [0.717, 1.165) is 24.1 Å². The number of Topliss-reactive ketones (excluding diaryl/α,β-unsaturated/α-hetero) is 1. The molecule has 0 fully saturated rings. The number of nitrogens with one attached hydrogen (secondary N) is 1. The quantitative estimate of drug-likeness (QED) is 0.682. The minimum absolute atomic E-state index is 0.155. The number of carbonyl (C=O) groups excluding carboxylic acids is 2. The van der Waals surface area contributed by atoms with Gasteiger partial charge in [0, 0.05) is 18.3 Å². The molecule has 1 aliphatic carbocycles. The molecule has 1 unspecified atom stereocenters. The van der Waals surface area contributed by atoms with Gasteiger partial charge >= 0.3 is 0 Å². The van der Waals surface area contributed by atoms with E-state index in [9.17, 15) is 14.0 Å². The van der Waals surface area contributed by atoms with Gasteiger partial charge in [-0.1, -0.05) is 0 Å². The fourth-order valence-electron chi connectivity index (χ4n) is 2.95. The number of halogens is 1. The highest BCUT2D eigenvalue weighted by Crippen LogP contribution is 2.29. The first-order chi connectivity index (χ1) is 11.6. The van der Waals surface area contributed by atoms with Crippen molar-refractivity contribution in [1.82, 2.24) is 15.1 Å². The minimum atomic E-state index is -1.42. The Bertz CT molecular complexity index is 849. The largest absolute Gasteiger partial charge is 0.358 e. The number of nitriles is 1. The van der Waals surface area contributed by atoms with Crippen LogP contribution in [0.4, 0.5) is 4.39 Å². The maximum absolute atomic E-state index is 13.1. The second-order valence-electron chi connectivity index (χ2n) is 5.56. The topological polar surface area (TPSA) is 87.8 Å². The van der Waals surface area contributed by atoms with Gasteiger partial charge in [0.1, 0.15) is 11.5 Å². The van der Waals surface area contributed by atoms with Gasteiger partial charge in [0.2, 0.25) is 11.7 Å². The van der Waals surface area contributed by atoms with E-state index in [-0.39, 0.29) is 11.5 Å². The van der Waals surface area contributed by atoms with Gasteiger partial charge in [-0.05, 0) is 43.5 Å². The molecule has 7 heteroatoms. The van der Waals surface area contributed by atoms with Crippen LogP contribution in [0, 0.1) is 23.1 Å². The first-order valence-electron chi connectivity index (χ1n) is 7.59. The molecule has 3 rings (SSSR count). The van der Waals surface area contributed by atoms with Crippen LogP contribution in [-0.2, 0) is 17.6 Å². The Balaban J connectivity index is 2.06. The Morgan fingerprint density at radius 2 is 2.04 bits per heavy atom. The Morgan fingerprint density at radius 3 is 2.67 bits per heavy atom. The smallest absolute Gasteiger partial charge is 0.245 e. The molecule has 1 atom stereocenters. The number of amides is 1. The van der Waals surface area contributed by atoms with E-state index in [0.29, 0.717) is 12.1 Å². The molecule has 0 saturated carbocycles. The van der Waals surface area contributed by atoms with Crippen molar-refractivity contribution in [2.75, 3.05) is 7.05 Å². The van der Waals surface area contributed by atoms with Crippen LogP contribution in [-0.4, -0.2) is 28.5 Å². The van der Waals surface area contributed by atoms with Gasteiger partial charge in [-0.2, -0.15) is 10.4 Å². The van der Waals surface area contributed by atoms with Crippen LogP contribution >= 0.6 is 0 Å². The summed E-state index contributed by atoms with van der Waals surface area (Å²) in [5, 5.41) is 15.8. The maximum atomic E-state index is 13.1. The Labute approximate surface area is 137 Å². The lowest BCUT2D eigenvalue weighted by Gasteiger charge is -2.06. The molecule has 1 aliphatic rings. The summed E-state index contributed by atoms with van der Waals surface area (Å²) in [6, 6.07) is 7.54. The molecular formula is C17H15FN4O2. The van der Waals surface area contributed by atoms with Crippen LogP contribution in [0.25, 0.3) is 5.69 Å². The third kappa shape index (κ3) is 2.56. The van der Waals surface area contributed by atoms with E-state index >= 15 is 0 Å². The van der Waals surface area contributed by atoms with Crippen LogP contribution in [0.1, 0.15) is 28.2 Å². The van der Waals surface area contributed by atoms with Crippen molar-refractivity contribution in [1.29, 1.82) is 5.26 Å². The number of hydrogen-bond donors (Lipinski definition) is 1. The van der Waals surface area contributed by atoms with Crippen molar-refractivity contribution < 1.29 is 14.0 Å². The van der Waals surface area contributed by atoms with Crippen LogP contribution in [0.15, 0.2) is 24.3 Å². The van der Waals surface area contributed by atoms with E-state index in [4.69, 9.17) is 5.26 Å². The first kappa shape index (κ1) is 15.9. The Hall–Kier alpha value is -3.01. The number of benzene rings is 1. The Morgan fingerprint density at radius 1 is 1.33 bits per heavy atom. The molecule has 2 aromatic rings. The summed E-state index contributed by atoms with van der Waals surface area (Å²) in [6.45, 7) is 0. The van der Waals surface area contributed by atoms with E-state index in [1.165, 1.54) is 19.2 Å². The van der Waals surface area contributed by atoms with Gasteiger partial charge in [-0.3, -0.25) is 9.59 Å². The molecule has 0 aliphatic heterocycles. The first-order valence-corrected chi connectivity index (χ1v) is 7.59. The molecular weight excluding hydrogens is 311 g/mol. The molecule has 0 saturated heterocycles. The summed E-state index contributed by atoms with van der Waals surface area (Å²) in [4.78, 5) is 24.4. The molecule has 1 amide bonds. The predicted octanol–water partition coefficient (Wildman–Crippen LogP) is 1.57. The maximum Gasteiger partial charge on any atom is 0.245 e. The SMILES string of the molecule is CNC(=O)C(C#N)C(=O)c1nn(-c2ccc(F)cc2)c2c1CCC2. The highest BCUT2D eigenvalue weighted by Gasteiger charge is 2.34. The van der Waals surface area contributed by atoms with E-state index in [2.05, 4.69) is 10.4 Å². The summed E-state index contributed by atoms with van der Waals surface area (Å²) in [6.07, 6.45) is 2.28. The van der Waals surface area contributed by atoms with Crippen LogP contribution in [0.5, 0.6) is 0 Å². The van der Waals surface area contributed by atoms with Gasteiger partial charge in [0.05, 0.1) is 11.8 Å². The summed E-state index contributed by atoms with van der Waals surface area (Å²) in [5.74, 6) is -3.03. The number of hydrogen-bond acceptors (Lipinski definition) is 4. The monoisotopic (exact) mass is 326 g/mol. The normalized spacial score (nSPS) is 13.9. The lowest BCUT2D eigenvalue weighted by atomic mass is 9.99. The van der Waals surface area contributed by atoms with Crippen molar-refractivity contribution >= 4 is 11.7 Å². The second-order valence-corrected chi connectivity index (χ2v) is 5.56. The molecule has 0 bridgehead atoms. The fraction of sp³-hybridized carbons (Fsp3) is 0.294. The van der Waals surface area contributed by atoms with Gasteiger partial charge < -0.3 is 5.32 Å². The summed E-state index contributed by atoms with van der Waals surface area (Å²) >= 11 is 0. The van der Waals surface area contributed by atoms with Gasteiger partial charge in [-0.25, -0.2) is 9.07 Å². The Kier molecular flexibility index (Phi) is 4.13. The fourth-order valence-corrected chi connectivity index (χ4v) is 2.95. The lowest BCUT2D eigenvalue weighted by Crippen LogP contribution is -2.32. The highest BCUT2D eigenvalue weighted by atomic mass is 19.1. The zero-order valence-electron chi connectivity index (χ0n) is 13.0. The number of aromatic nitrogens is 2. The van der Waals surface area contributed by atoms with Gasteiger partial charge in [-0.15, -0.1) is 0 Å². The molecule has 0 radical (unpaired) electrons. The number of fused-ring (bicyclic) bond motifs is 1. The van der Waals surface area contributed by atoms with Crippen molar-refractivity contribution in [3.63, 3.8) is 0 Å².